The van der Waals surface area contributed by atoms with Crippen LogP contribution in [0.3, 0.4) is 0 Å². The van der Waals surface area contributed by atoms with Crippen molar-refractivity contribution >= 4 is 46.7 Å². The van der Waals surface area contributed by atoms with Crippen molar-refractivity contribution in [3.8, 4) is 11.5 Å². The van der Waals surface area contributed by atoms with Crippen molar-refractivity contribution in [3.63, 3.8) is 0 Å². The van der Waals surface area contributed by atoms with Gasteiger partial charge in [0.25, 0.3) is 5.91 Å². The van der Waals surface area contributed by atoms with Crippen LogP contribution in [0.2, 0.25) is 5.02 Å². The van der Waals surface area contributed by atoms with Gasteiger partial charge in [0.05, 0.1) is 41.2 Å². The second-order valence-electron chi connectivity index (χ2n) is 6.55. The highest BCUT2D eigenvalue weighted by molar-refractivity contribution is 7.09. The summed E-state index contributed by atoms with van der Waals surface area (Å²) in [5, 5.41) is 9.84. The fourth-order valence-electron chi connectivity index (χ4n) is 2.65. The van der Waals surface area contributed by atoms with Crippen LogP contribution >= 0.6 is 22.9 Å². The molecule has 0 spiro atoms. The van der Waals surface area contributed by atoms with Crippen molar-refractivity contribution < 1.29 is 19.1 Å². The highest BCUT2D eigenvalue weighted by Gasteiger charge is 2.10. The fraction of sp³-hybridized carbons (Fsp3) is 0.182. The largest absolute Gasteiger partial charge is 0.493 e. The molecular weight excluding hydrogens is 452 g/mol. The third kappa shape index (κ3) is 6.79. The molecule has 0 aliphatic carbocycles. The number of carbonyl (C=O) groups is 2. The van der Waals surface area contributed by atoms with E-state index in [1.807, 2.05) is 12.3 Å². The Kier molecular flexibility index (Phi) is 8.18. The molecule has 0 aliphatic rings. The Bertz CT molecular complexity index is 1130. The molecule has 1 heterocycles. The second kappa shape index (κ2) is 11.3. The molecule has 0 fully saturated rings. The number of halogens is 1. The van der Waals surface area contributed by atoms with Gasteiger partial charge in [-0.3, -0.25) is 9.59 Å². The number of ether oxygens (including phenoxy) is 2. The maximum absolute atomic E-state index is 12.1. The van der Waals surface area contributed by atoms with Crippen LogP contribution in [-0.4, -0.2) is 36.7 Å². The summed E-state index contributed by atoms with van der Waals surface area (Å²) in [6, 6.07) is 12.0. The van der Waals surface area contributed by atoms with Crippen LogP contribution in [0, 0.1) is 6.92 Å². The third-order valence-electron chi connectivity index (χ3n) is 4.11. The number of amides is 2. The molecule has 0 saturated heterocycles. The average molecular weight is 473 g/mol. The number of hydrogen-bond acceptors (Lipinski definition) is 7. The number of rotatable bonds is 9. The monoisotopic (exact) mass is 472 g/mol. The number of methoxy groups -OCH3 is 1. The number of hydrazone groups is 1. The van der Waals surface area contributed by atoms with Crippen LogP contribution in [-0.2, 0) is 16.0 Å². The van der Waals surface area contributed by atoms with Crippen molar-refractivity contribution in [2.75, 3.05) is 19.0 Å². The molecule has 3 rings (SSSR count). The lowest BCUT2D eigenvalue weighted by Crippen LogP contribution is -2.20. The molecule has 0 radical (unpaired) electrons. The topological polar surface area (TPSA) is 102 Å². The van der Waals surface area contributed by atoms with Crippen LogP contribution in [0.4, 0.5) is 5.69 Å². The quantitative estimate of drug-likeness (QED) is 0.364. The van der Waals surface area contributed by atoms with Crippen LogP contribution < -0.4 is 20.2 Å². The SMILES string of the molecule is COc1cc(/C=N\NC(=O)Cc2csc(C)n2)ccc1OCC(=O)Nc1ccccc1Cl. The van der Waals surface area contributed by atoms with E-state index in [-0.39, 0.29) is 24.8 Å². The van der Waals surface area contributed by atoms with Gasteiger partial charge in [-0.2, -0.15) is 5.10 Å². The van der Waals surface area contributed by atoms with Gasteiger partial charge in [-0.05, 0) is 42.8 Å². The van der Waals surface area contributed by atoms with Crippen LogP contribution in [0.1, 0.15) is 16.3 Å². The van der Waals surface area contributed by atoms with Gasteiger partial charge in [0.1, 0.15) is 0 Å². The molecule has 166 valence electrons. The number of hydrogen-bond donors (Lipinski definition) is 2. The number of aryl methyl sites for hydroxylation is 1. The van der Waals surface area contributed by atoms with E-state index >= 15 is 0 Å². The van der Waals surface area contributed by atoms with Gasteiger partial charge in [-0.1, -0.05) is 23.7 Å². The van der Waals surface area contributed by atoms with E-state index in [9.17, 15) is 9.59 Å². The third-order valence-corrected chi connectivity index (χ3v) is 5.26. The van der Waals surface area contributed by atoms with Gasteiger partial charge in [-0.15, -0.1) is 11.3 Å². The first-order chi connectivity index (χ1) is 15.4. The van der Waals surface area contributed by atoms with E-state index in [1.165, 1.54) is 24.7 Å². The number of aromatic nitrogens is 1. The maximum Gasteiger partial charge on any atom is 0.262 e. The van der Waals surface area contributed by atoms with Crippen LogP contribution in [0.25, 0.3) is 0 Å². The van der Waals surface area contributed by atoms with Crippen LogP contribution in [0.15, 0.2) is 52.9 Å². The summed E-state index contributed by atoms with van der Waals surface area (Å²) in [6.07, 6.45) is 1.65. The zero-order valence-corrected chi connectivity index (χ0v) is 19.0. The number of thiazole rings is 1. The number of nitrogens with one attached hydrogen (secondary N) is 2. The Morgan fingerprint density at radius 2 is 2.00 bits per heavy atom. The normalized spacial score (nSPS) is 10.7. The molecule has 2 aromatic carbocycles. The standard InChI is InChI=1S/C22H21ClN4O4S/c1-14-25-16(13-32-14)10-21(28)27-24-11-15-7-8-19(20(9-15)30-2)31-12-22(29)26-18-6-4-3-5-17(18)23/h3-9,11,13H,10,12H2,1-2H3,(H,26,29)(H,27,28)/b24-11-. The minimum Gasteiger partial charge on any atom is -0.493 e. The summed E-state index contributed by atoms with van der Waals surface area (Å²) in [7, 11) is 1.49. The van der Waals surface area contributed by atoms with E-state index in [0.29, 0.717) is 33.5 Å². The Morgan fingerprint density at radius 3 is 2.72 bits per heavy atom. The number of para-hydroxylation sites is 1. The minimum absolute atomic E-state index is 0.161. The zero-order valence-electron chi connectivity index (χ0n) is 17.4. The molecule has 0 unspecified atom stereocenters. The van der Waals surface area contributed by atoms with E-state index in [0.717, 1.165) is 5.01 Å². The van der Waals surface area contributed by atoms with E-state index in [2.05, 4.69) is 20.8 Å². The number of nitrogens with zero attached hydrogens (tertiary/aromatic N) is 2. The molecule has 0 saturated carbocycles. The molecule has 2 N–H and O–H groups in total. The first-order valence-corrected chi connectivity index (χ1v) is 10.8. The van der Waals surface area contributed by atoms with Crippen molar-refractivity contribution in [3.05, 3.63) is 69.1 Å². The van der Waals surface area contributed by atoms with E-state index in [4.69, 9.17) is 21.1 Å². The summed E-state index contributed by atoms with van der Waals surface area (Å²) >= 11 is 7.53. The van der Waals surface area contributed by atoms with E-state index < -0.39 is 0 Å². The highest BCUT2D eigenvalue weighted by atomic mass is 35.5. The van der Waals surface area contributed by atoms with Gasteiger partial charge in [-0.25, -0.2) is 10.4 Å². The maximum atomic E-state index is 12.1. The van der Waals surface area contributed by atoms with Crippen molar-refractivity contribution in [1.29, 1.82) is 0 Å². The lowest BCUT2D eigenvalue weighted by atomic mass is 10.2. The van der Waals surface area contributed by atoms with E-state index in [1.54, 1.807) is 42.5 Å². The number of carbonyl (C=O) groups excluding carboxylic acids is 2. The van der Waals surface area contributed by atoms with Crippen molar-refractivity contribution in [1.82, 2.24) is 10.4 Å². The predicted molar refractivity (Wildman–Crippen MR) is 125 cm³/mol. The molecule has 8 nitrogen and oxygen atoms in total. The average Bonchev–Trinajstić information content (AvgIpc) is 3.18. The lowest BCUT2D eigenvalue weighted by Gasteiger charge is -2.12. The van der Waals surface area contributed by atoms with Gasteiger partial charge in [0, 0.05) is 5.38 Å². The second-order valence-corrected chi connectivity index (χ2v) is 8.02. The Balaban J connectivity index is 1.53. The summed E-state index contributed by atoms with van der Waals surface area (Å²) in [5.41, 5.74) is 4.37. The summed E-state index contributed by atoms with van der Waals surface area (Å²) in [6.45, 7) is 1.66. The molecule has 1 aromatic heterocycles. The fourth-order valence-corrected chi connectivity index (χ4v) is 3.44. The molecule has 0 aliphatic heterocycles. The summed E-state index contributed by atoms with van der Waals surface area (Å²) in [5.74, 6) is 0.192. The molecule has 0 bridgehead atoms. The van der Waals surface area contributed by atoms with Gasteiger partial charge in [0.15, 0.2) is 18.1 Å². The Labute approximate surface area is 194 Å². The molecule has 32 heavy (non-hydrogen) atoms. The summed E-state index contributed by atoms with van der Waals surface area (Å²) < 4.78 is 10.9. The summed E-state index contributed by atoms with van der Waals surface area (Å²) in [4.78, 5) is 28.3. The van der Waals surface area contributed by atoms with Gasteiger partial charge in [0.2, 0.25) is 5.91 Å². The molecule has 3 aromatic rings. The number of benzene rings is 2. The predicted octanol–water partition coefficient (Wildman–Crippen LogP) is 3.82. The Hall–Kier alpha value is -3.43. The van der Waals surface area contributed by atoms with Gasteiger partial charge >= 0.3 is 0 Å². The van der Waals surface area contributed by atoms with Crippen molar-refractivity contribution in [2.24, 2.45) is 5.10 Å². The molecular formula is C22H21ClN4O4S. The first kappa shape index (κ1) is 23.2. The first-order valence-electron chi connectivity index (χ1n) is 9.52. The smallest absolute Gasteiger partial charge is 0.262 e. The molecule has 10 heteroatoms. The van der Waals surface area contributed by atoms with Crippen molar-refractivity contribution in [2.45, 2.75) is 13.3 Å². The minimum atomic E-state index is -0.358. The molecule has 0 atom stereocenters. The Morgan fingerprint density at radius 1 is 1.19 bits per heavy atom. The van der Waals surface area contributed by atoms with Crippen LogP contribution in [0.5, 0.6) is 11.5 Å². The zero-order chi connectivity index (χ0) is 22.9. The lowest BCUT2D eigenvalue weighted by molar-refractivity contribution is -0.120. The number of anilines is 1. The van der Waals surface area contributed by atoms with Gasteiger partial charge < -0.3 is 14.8 Å². The molecule has 2 amide bonds. The highest BCUT2D eigenvalue weighted by Crippen LogP contribution is 2.27.